The van der Waals surface area contributed by atoms with Crippen molar-refractivity contribution < 1.29 is 8.42 Å². The van der Waals surface area contributed by atoms with Crippen LogP contribution in [0.25, 0.3) is 0 Å². The minimum Gasteiger partial charge on any atom is -0.382 e. The van der Waals surface area contributed by atoms with Crippen LogP contribution in [0.4, 0.5) is 5.82 Å². The third-order valence-corrected chi connectivity index (χ3v) is 3.76. The van der Waals surface area contributed by atoms with Crippen molar-refractivity contribution in [3.8, 4) is 0 Å². The summed E-state index contributed by atoms with van der Waals surface area (Å²) in [6.45, 7) is 2.30. The van der Waals surface area contributed by atoms with Crippen molar-refractivity contribution in [2.24, 2.45) is 0 Å². The Morgan fingerprint density at radius 3 is 2.79 bits per heavy atom. The summed E-state index contributed by atoms with van der Waals surface area (Å²) in [4.78, 5) is 3.84. The molecular weight excluding hydrogens is 202 g/mol. The van der Waals surface area contributed by atoms with Gasteiger partial charge in [0.1, 0.15) is 15.7 Å². The average Bonchev–Trinajstić information content (AvgIpc) is 2.51. The smallest absolute Gasteiger partial charge is 0.150 e. The maximum Gasteiger partial charge on any atom is 0.150 e. The molecule has 0 saturated heterocycles. The Kier molecular flexibility index (Phi) is 3.51. The summed E-state index contributed by atoms with van der Waals surface area (Å²) in [7, 11) is -2.85. The number of nitrogen functional groups attached to an aromatic ring is 1. The molecule has 1 heterocycles. The van der Waals surface area contributed by atoms with E-state index in [2.05, 4.69) is 4.98 Å². The molecule has 0 aliphatic carbocycles. The summed E-state index contributed by atoms with van der Waals surface area (Å²) >= 11 is 0. The molecule has 5 nitrogen and oxygen atoms in total. The van der Waals surface area contributed by atoms with Crippen molar-refractivity contribution in [3.05, 3.63) is 12.5 Å². The van der Waals surface area contributed by atoms with Gasteiger partial charge in [-0.15, -0.1) is 0 Å². The van der Waals surface area contributed by atoms with Crippen molar-refractivity contribution in [1.82, 2.24) is 9.55 Å². The number of imidazole rings is 1. The molecule has 0 atom stereocenters. The Labute approximate surface area is 83.9 Å². The zero-order valence-electron chi connectivity index (χ0n) is 8.18. The Morgan fingerprint density at radius 2 is 2.29 bits per heavy atom. The van der Waals surface area contributed by atoms with Crippen molar-refractivity contribution >= 4 is 15.7 Å². The van der Waals surface area contributed by atoms with Gasteiger partial charge in [0, 0.05) is 18.5 Å². The lowest BCUT2D eigenvalue weighted by atomic mass is 10.5. The molecule has 1 aromatic rings. The second-order valence-electron chi connectivity index (χ2n) is 3.13. The van der Waals surface area contributed by atoms with Crippen LogP contribution in [0, 0.1) is 0 Å². The quantitative estimate of drug-likeness (QED) is 0.769. The highest BCUT2D eigenvalue weighted by Crippen LogP contribution is 2.00. The van der Waals surface area contributed by atoms with Gasteiger partial charge in [0.2, 0.25) is 0 Å². The van der Waals surface area contributed by atoms with Crippen LogP contribution in [-0.4, -0.2) is 29.5 Å². The summed E-state index contributed by atoms with van der Waals surface area (Å²) in [6.07, 6.45) is 3.90. The SMILES string of the molecule is CCS(=O)(=O)CCCn1cnc(N)c1. The molecule has 1 aromatic heterocycles. The zero-order valence-corrected chi connectivity index (χ0v) is 9.00. The topological polar surface area (TPSA) is 78.0 Å². The first-order chi connectivity index (χ1) is 6.53. The largest absolute Gasteiger partial charge is 0.382 e. The molecule has 0 radical (unpaired) electrons. The minimum absolute atomic E-state index is 0.207. The fourth-order valence-electron chi connectivity index (χ4n) is 1.11. The lowest BCUT2D eigenvalue weighted by Gasteiger charge is -2.01. The Balaban J connectivity index is 2.36. The van der Waals surface area contributed by atoms with Crippen molar-refractivity contribution in [3.63, 3.8) is 0 Å². The fourth-order valence-corrected chi connectivity index (χ4v) is 1.97. The van der Waals surface area contributed by atoms with E-state index in [1.54, 1.807) is 24.0 Å². The van der Waals surface area contributed by atoms with Gasteiger partial charge in [-0.2, -0.15) is 0 Å². The number of hydrogen-bond acceptors (Lipinski definition) is 4. The van der Waals surface area contributed by atoms with Gasteiger partial charge in [-0.1, -0.05) is 6.92 Å². The molecule has 0 fully saturated rings. The monoisotopic (exact) mass is 217 g/mol. The summed E-state index contributed by atoms with van der Waals surface area (Å²) < 4.78 is 24.1. The highest BCUT2D eigenvalue weighted by molar-refractivity contribution is 7.91. The summed E-state index contributed by atoms with van der Waals surface area (Å²) in [5.74, 6) is 0.893. The van der Waals surface area contributed by atoms with Crippen LogP contribution in [0.1, 0.15) is 13.3 Å². The summed E-state index contributed by atoms with van der Waals surface area (Å²) in [6, 6.07) is 0. The molecule has 6 heteroatoms. The first-order valence-electron chi connectivity index (χ1n) is 4.51. The third kappa shape index (κ3) is 3.37. The van der Waals surface area contributed by atoms with Crippen LogP contribution in [0.15, 0.2) is 12.5 Å². The molecule has 0 amide bonds. The highest BCUT2D eigenvalue weighted by atomic mass is 32.2. The first-order valence-corrected chi connectivity index (χ1v) is 6.33. The van der Waals surface area contributed by atoms with Gasteiger partial charge in [-0.05, 0) is 6.42 Å². The number of aryl methyl sites for hydroxylation is 1. The number of nitrogens with two attached hydrogens (primary N) is 1. The van der Waals surface area contributed by atoms with Gasteiger partial charge in [0.05, 0.1) is 12.1 Å². The molecule has 0 aliphatic rings. The van der Waals surface area contributed by atoms with Gasteiger partial charge in [-0.3, -0.25) is 0 Å². The molecule has 1 rings (SSSR count). The number of hydrogen-bond donors (Lipinski definition) is 1. The number of rotatable bonds is 5. The predicted molar refractivity (Wildman–Crippen MR) is 55.6 cm³/mol. The van der Waals surface area contributed by atoms with Gasteiger partial charge in [-0.25, -0.2) is 13.4 Å². The minimum atomic E-state index is -2.85. The van der Waals surface area contributed by atoms with Crippen LogP contribution in [0.3, 0.4) is 0 Å². The fraction of sp³-hybridized carbons (Fsp3) is 0.625. The van der Waals surface area contributed by atoms with E-state index in [1.807, 2.05) is 0 Å². The van der Waals surface area contributed by atoms with Crippen LogP contribution in [-0.2, 0) is 16.4 Å². The Hall–Kier alpha value is -1.04. The van der Waals surface area contributed by atoms with Crippen molar-refractivity contribution in [1.29, 1.82) is 0 Å². The average molecular weight is 217 g/mol. The lowest BCUT2D eigenvalue weighted by molar-refractivity contribution is 0.587. The summed E-state index contributed by atoms with van der Waals surface area (Å²) in [5, 5.41) is 0. The molecule has 0 unspecified atom stereocenters. The molecule has 14 heavy (non-hydrogen) atoms. The zero-order chi connectivity index (χ0) is 10.6. The predicted octanol–water partition coefficient (Wildman–Crippen LogP) is 0.290. The van der Waals surface area contributed by atoms with Crippen molar-refractivity contribution in [2.45, 2.75) is 19.9 Å². The second kappa shape index (κ2) is 4.45. The lowest BCUT2D eigenvalue weighted by Crippen LogP contribution is -2.10. The molecule has 0 aromatic carbocycles. The normalized spacial score (nSPS) is 11.8. The van der Waals surface area contributed by atoms with E-state index in [-0.39, 0.29) is 11.5 Å². The standard InChI is InChI=1S/C8H15N3O2S/c1-2-14(12,13)5-3-4-11-6-8(9)10-7-11/h6-7H,2-5,9H2,1H3. The molecule has 0 bridgehead atoms. The molecule has 0 aliphatic heterocycles. The molecule has 0 spiro atoms. The van der Waals surface area contributed by atoms with E-state index < -0.39 is 9.84 Å². The molecule has 80 valence electrons. The van der Waals surface area contributed by atoms with E-state index in [9.17, 15) is 8.42 Å². The Bertz CT molecular complexity index is 383. The van der Waals surface area contributed by atoms with Gasteiger partial charge >= 0.3 is 0 Å². The summed E-state index contributed by atoms with van der Waals surface area (Å²) in [5.41, 5.74) is 5.41. The van der Waals surface area contributed by atoms with Gasteiger partial charge in [0.15, 0.2) is 0 Å². The van der Waals surface area contributed by atoms with Crippen molar-refractivity contribution in [2.75, 3.05) is 17.2 Å². The van der Waals surface area contributed by atoms with Crippen LogP contribution >= 0.6 is 0 Å². The van der Waals surface area contributed by atoms with Crippen LogP contribution in [0.2, 0.25) is 0 Å². The van der Waals surface area contributed by atoms with E-state index in [1.165, 1.54) is 0 Å². The van der Waals surface area contributed by atoms with Gasteiger partial charge in [0.25, 0.3) is 0 Å². The molecule has 0 saturated carbocycles. The third-order valence-electron chi connectivity index (χ3n) is 1.96. The number of aromatic nitrogens is 2. The van der Waals surface area contributed by atoms with Crippen LogP contribution < -0.4 is 5.73 Å². The Morgan fingerprint density at radius 1 is 1.57 bits per heavy atom. The van der Waals surface area contributed by atoms with E-state index in [0.29, 0.717) is 18.8 Å². The highest BCUT2D eigenvalue weighted by Gasteiger charge is 2.06. The van der Waals surface area contributed by atoms with E-state index in [4.69, 9.17) is 5.73 Å². The first kappa shape index (κ1) is 11.0. The van der Waals surface area contributed by atoms with Gasteiger partial charge < -0.3 is 10.3 Å². The maximum atomic E-state index is 11.1. The van der Waals surface area contributed by atoms with E-state index >= 15 is 0 Å². The van der Waals surface area contributed by atoms with E-state index in [0.717, 1.165) is 0 Å². The second-order valence-corrected chi connectivity index (χ2v) is 5.60. The molecular formula is C8H15N3O2S. The molecule has 2 N–H and O–H groups in total. The number of anilines is 1. The van der Waals surface area contributed by atoms with Crippen LogP contribution in [0.5, 0.6) is 0 Å². The maximum absolute atomic E-state index is 11.1. The number of nitrogens with zero attached hydrogens (tertiary/aromatic N) is 2. The number of sulfone groups is 1.